The van der Waals surface area contributed by atoms with E-state index >= 15 is 0 Å². The first kappa shape index (κ1) is 18.7. The first-order valence-corrected chi connectivity index (χ1v) is 10.4. The standard InChI is InChI=1S/C22H16N4O2S2/c27-16-11-12-17(18(28)13-16)19-23-21-26(22(29)25(19)15-9-5-2-6-10-15)24-20(30-21)14-7-3-1-4-8-14/h1-13,19,27-28H. The van der Waals surface area contributed by atoms with Crippen LogP contribution >= 0.6 is 24.0 Å². The van der Waals surface area contributed by atoms with Gasteiger partial charge in [0.15, 0.2) is 11.3 Å². The van der Waals surface area contributed by atoms with E-state index in [0.717, 1.165) is 16.3 Å². The third-order valence-corrected chi connectivity index (χ3v) is 6.11. The summed E-state index contributed by atoms with van der Waals surface area (Å²) in [5.74, 6) is -0.0613. The molecule has 1 unspecified atom stereocenters. The van der Waals surface area contributed by atoms with E-state index in [1.807, 2.05) is 65.6 Å². The molecule has 0 radical (unpaired) electrons. The smallest absolute Gasteiger partial charge is 0.205 e. The SMILES string of the molecule is Oc1ccc(C2N=C3SC(c4ccccc4)=NN3C(=S)N2c2ccccc2)c(O)c1. The average Bonchev–Trinajstić information content (AvgIpc) is 3.20. The summed E-state index contributed by atoms with van der Waals surface area (Å²) < 4.78 is 0. The average molecular weight is 433 g/mol. The molecule has 0 aliphatic carbocycles. The van der Waals surface area contributed by atoms with Crippen LogP contribution in [0.4, 0.5) is 5.69 Å². The first-order chi connectivity index (χ1) is 14.6. The molecule has 6 nitrogen and oxygen atoms in total. The first-order valence-electron chi connectivity index (χ1n) is 9.22. The molecule has 0 bridgehead atoms. The topological polar surface area (TPSA) is 71.7 Å². The fourth-order valence-electron chi connectivity index (χ4n) is 3.36. The summed E-state index contributed by atoms with van der Waals surface area (Å²) >= 11 is 7.25. The van der Waals surface area contributed by atoms with Crippen LogP contribution in [0.3, 0.4) is 0 Å². The monoisotopic (exact) mass is 432 g/mol. The molecule has 0 fully saturated rings. The van der Waals surface area contributed by atoms with Crippen LogP contribution in [0.25, 0.3) is 0 Å². The molecule has 2 aliphatic rings. The molecule has 2 heterocycles. The van der Waals surface area contributed by atoms with E-state index in [-0.39, 0.29) is 11.5 Å². The summed E-state index contributed by atoms with van der Waals surface area (Å²) in [4.78, 5) is 6.73. The van der Waals surface area contributed by atoms with E-state index in [2.05, 4.69) is 0 Å². The van der Waals surface area contributed by atoms with Crippen molar-refractivity contribution in [3.8, 4) is 11.5 Å². The lowest BCUT2D eigenvalue weighted by Crippen LogP contribution is -2.47. The van der Waals surface area contributed by atoms with Gasteiger partial charge in [-0.1, -0.05) is 48.5 Å². The maximum atomic E-state index is 10.5. The molecule has 0 saturated carbocycles. The Morgan fingerprint density at radius 1 is 0.900 bits per heavy atom. The lowest BCUT2D eigenvalue weighted by atomic mass is 10.1. The van der Waals surface area contributed by atoms with Gasteiger partial charge in [-0.15, -0.1) is 0 Å². The van der Waals surface area contributed by atoms with Crippen LogP contribution < -0.4 is 4.90 Å². The lowest BCUT2D eigenvalue weighted by Gasteiger charge is -2.38. The van der Waals surface area contributed by atoms with E-state index in [1.54, 1.807) is 11.1 Å². The molecule has 0 spiro atoms. The third kappa shape index (κ3) is 3.20. The van der Waals surface area contributed by atoms with Crippen LogP contribution in [0.1, 0.15) is 17.3 Å². The zero-order valence-corrected chi connectivity index (χ0v) is 17.2. The van der Waals surface area contributed by atoms with Gasteiger partial charge in [0, 0.05) is 22.9 Å². The number of amidine groups is 1. The number of aliphatic imine (C=N–C) groups is 1. The molecule has 148 valence electrons. The number of phenolic OH excluding ortho intramolecular Hbond substituents is 2. The maximum Gasteiger partial charge on any atom is 0.205 e. The Morgan fingerprint density at radius 2 is 1.60 bits per heavy atom. The number of hydrazone groups is 1. The number of benzene rings is 3. The quantitative estimate of drug-likeness (QED) is 0.586. The van der Waals surface area contributed by atoms with E-state index in [0.29, 0.717) is 15.8 Å². The Balaban J connectivity index is 1.62. The molecule has 1 atom stereocenters. The van der Waals surface area contributed by atoms with Crippen molar-refractivity contribution in [1.82, 2.24) is 5.01 Å². The van der Waals surface area contributed by atoms with Crippen LogP contribution in [0, 0.1) is 0 Å². The Morgan fingerprint density at radius 3 is 2.30 bits per heavy atom. The molecule has 2 N–H and O–H groups in total. The van der Waals surface area contributed by atoms with Crippen LogP contribution in [-0.4, -0.2) is 30.5 Å². The van der Waals surface area contributed by atoms with Crippen molar-refractivity contribution in [3.05, 3.63) is 90.0 Å². The highest BCUT2D eigenvalue weighted by Crippen LogP contribution is 2.41. The van der Waals surface area contributed by atoms with Crippen molar-refractivity contribution in [2.75, 3.05) is 4.90 Å². The number of anilines is 1. The maximum absolute atomic E-state index is 10.5. The minimum Gasteiger partial charge on any atom is -0.508 e. The van der Waals surface area contributed by atoms with Crippen molar-refractivity contribution in [2.24, 2.45) is 10.1 Å². The number of nitrogens with zero attached hydrogens (tertiary/aromatic N) is 4. The van der Waals surface area contributed by atoms with Gasteiger partial charge in [0.25, 0.3) is 0 Å². The molecular formula is C22H16N4O2S2. The number of rotatable bonds is 3. The van der Waals surface area contributed by atoms with Crippen molar-refractivity contribution in [3.63, 3.8) is 0 Å². The van der Waals surface area contributed by atoms with Crippen molar-refractivity contribution in [1.29, 1.82) is 0 Å². The van der Waals surface area contributed by atoms with Crippen LogP contribution in [0.15, 0.2) is 89.0 Å². The fourth-order valence-corrected chi connectivity index (χ4v) is 4.66. The zero-order chi connectivity index (χ0) is 20.7. The van der Waals surface area contributed by atoms with Gasteiger partial charge in [-0.2, -0.15) is 10.1 Å². The fraction of sp³-hybridized carbons (Fsp3) is 0.0455. The highest BCUT2D eigenvalue weighted by Gasteiger charge is 2.40. The number of phenols is 2. The lowest BCUT2D eigenvalue weighted by molar-refractivity contribution is 0.441. The van der Waals surface area contributed by atoms with E-state index in [4.69, 9.17) is 22.3 Å². The summed E-state index contributed by atoms with van der Waals surface area (Å²) in [6.07, 6.45) is -0.593. The largest absolute Gasteiger partial charge is 0.508 e. The Labute approximate surface area is 182 Å². The minimum atomic E-state index is -0.593. The van der Waals surface area contributed by atoms with Crippen molar-refractivity contribution in [2.45, 2.75) is 6.17 Å². The molecule has 0 aromatic heterocycles. The summed E-state index contributed by atoms with van der Waals surface area (Å²) in [5, 5.41) is 28.5. The molecular weight excluding hydrogens is 416 g/mol. The Hall–Kier alpha value is -3.36. The van der Waals surface area contributed by atoms with Gasteiger partial charge >= 0.3 is 0 Å². The molecule has 3 aromatic rings. The van der Waals surface area contributed by atoms with E-state index < -0.39 is 6.17 Å². The summed E-state index contributed by atoms with van der Waals surface area (Å²) in [7, 11) is 0. The van der Waals surface area contributed by atoms with Crippen LogP contribution in [0.2, 0.25) is 0 Å². The molecule has 2 aliphatic heterocycles. The molecule has 0 saturated heterocycles. The highest BCUT2D eigenvalue weighted by atomic mass is 32.2. The molecule has 8 heteroatoms. The van der Waals surface area contributed by atoms with Gasteiger partial charge in [-0.25, -0.2) is 4.99 Å². The van der Waals surface area contributed by atoms with Gasteiger partial charge in [0.05, 0.1) is 0 Å². The van der Waals surface area contributed by atoms with Gasteiger partial charge in [-0.05, 0) is 48.2 Å². The minimum absolute atomic E-state index is 0.0138. The number of fused-ring (bicyclic) bond motifs is 1. The zero-order valence-electron chi connectivity index (χ0n) is 15.6. The predicted octanol–water partition coefficient (Wildman–Crippen LogP) is 4.67. The van der Waals surface area contributed by atoms with Gasteiger partial charge in [-0.3, -0.25) is 4.90 Å². The molecule has 0 amide bonds. The van der Waals surface area contributed by atoms with E-state index in [9.17, 15) is 10.2 Å². The highest BCUT2D eigenvalue weighted by molar-refractivity contribution is 8.27. The molecule has 5 rings (SSSR count). The Bertz CT molecular complexity index is 1180. The van der Waals surface area contributed by atoms with Crippen LogP contribution in [-0.2, 0) is 0 Å². The van der Waals surface area contributed by atoms with Crippen LogP contribution in [0.5, 0.6) is 11.5 Å². The summed E-state index contributed by atoms with van der Waals surface area (Å²) in [5.41, 5.74) is 2.36. The number of hydrogen-bond acceptors (Lipinski definition) is 6. The predicted molar refractivity (Wildman–Crippen MR) is 124 cm³/mol. The normalized spacial score (nSPS) is 18.1. The van der Waals surface area contributed by atoms with Crippen molar-refractivity contribution >= 4 is 45.0 Å². The summed E-state index contributed by atoms with van der Waals surface area (Å²) in [6, 6.07) is 24.0. The third-order valence-electron chi connectivity index (χ3n) is 4.77. The number of thiocarbonyl (C=S) groups is 1. The van der Waals surface area contributed by atoms with Gasteiger partial charge < -0.3 is 10.2 Å². The second-order valence-electron chi connectivity index (χ2n) is 6.70. The summed E-state index contributed by atoms with van der Waals surface area (Å²) in [6.45, 7) is 0. The van der Waals surface area contributed by atoms with Gasteiger partial charge in [0.2, 0.25) is 5.11 Å². The van der Waals surface area contributed by atoms with E-state index in [1.165, 1.54) is 23.9 Å². The second-order valence-corrected chi connectivity index (χ2v) is 8.02. The molecule has 3 aromatic carbocycles. The van der Waals surface area contributed by atoms with Gasteiger partial charge in [0.1, 0.15) is 16.5 Å². The number of para-hydroxylation sites is 1. The number of thioether (sulfide) groups is 1. The second kappa shape index (κ2) is 7.47. The number of aromatic hydroxyl groups is 2. The Kier molecular flexibility index (Phi) is 4.65. The molecule has 30 heavy (non-hydrogen) atoms. The number of hydrogen-bond donors (Lipinski definition) is 2. The van der Waals surface area contributed by atoms with Crippen molar-refractivity contribution < 1.29 is 10.2 Å².